The maximum Gasteiger partial charge on any atom is 0.275 e. The van der Waals surface area contributed by atoms with Gasteiger partial charge >= 0.3 is 0 Å². The highest BCUT2D eigenvalue weighted by atomic mass is 35.5. The summed E-state index contributed by atoms with van der Waals surface area (Å²) in [6, 6.07) is 4.81. The summed E-state index contributed by atoms with van der Waals surface area (Å²) in [7, 11) is 0. The summed E-state index contributed by atoms with van der Waals surface area (Å²) in [5, 5.41) is 11.6. The molecule has 1 aliphatic carbocycles. The Morgan fingerprint density at radius 2 is 2.14 bits per heavy atom. The van der Waals surface area contributed by atoms with Crippen molar-refractivity contribution in [2.45, 2.75) is 39.2 Å². The van der Waals surface area contributed by atoms with Crippen LogP contribution in [0.4, 0.5) is 5.69 Å². The molecule has 1 aromatic carbocycles. The standard InChI is InChI=1S/C15H16ClN3O2/c1-10-17-13-6-2-3-7-15(13)18(10)9-11-12(16)5-4-8-14(11)19(20)21/h4-5,8H,2-3,6-7,9H2,1H3. The molecule has 1 aromatic heterocycles. The van der Waals surface area contributed by atoms with Gasteiger partial charge in [0.25, 0.3) is 5.69 Å². The second-order valence-electron chi connectivity index (χ2n) is 5.34. The predicted molar refractivity (Wildman–Crippen MR) is 80.8 cm³/mol. The maximum absolute atomic E-state index is 11.2. The number of nitro groups is 1. The van der Waals surface area contributed by atoms with Gasteiger partial charge in [-0.25, -0.2) is 4.98 Å². The summed E-state index contributed by atoms with van der Waals surface area (Å²) in [6.45, 7) is 2.35. The molecule has 6 heteroatoms. The first kappa shape index (κ1) is 14.1. The average Bonchev–Trinajstić information content (AvgIpc) is 2.77. The van der Waals surface area contributed by atoms with Gasteiger partial charge < -0.3 is 4.57 Å². The SMILES string of the molecule is Cc1nc2c(n1Cc1c(Cl)cccc1[N+](=O)[O-])CCCC2. The lowest BCUT2D eigenvalue weighted by molar-refractivity contribution is -0.385. The van der Waals surface area contributed by atoms with E-state index < -0.39 is 0 Å². The van der Waals surface area contributed by atoms with Gasteiger partial charge in [0.15, 0.2) is 0 Å². The van der Waals surface area contributed by atoms with Crippen molar-refractivity contribution in [2.24, 2.45) is 0 Å². The second-order valence-corrected chi connectivity index (χ2v) is 5.75. The van der Waals surface area contributed by atoms with Crippen molar-refractivity contribution in [2.75, 3.05) is 0 Å². The monoisotopic (exact) mass is 305 g/mol. The van der Waals surface area contributed by atoms with Crippen LogP contribution in [0, 0.1) is 17.0 Å². The summed E-state index contributed by atoms with van der Waals surface area (Å²) < 4.78 is 2.07. The van der Waals surface area contributed by atoms with Gasteiger partial charge in [-0.1, -0.05) is 17.7 Å². The molecule has 0 saturated carbocycles. The lowest BCUT2D eigenvalue weighted by Gasteiger charge is -2.15. The van der Waals surface area contributed by atoms with Crippen molar-refractivity contribution < 1.29 is 4.92 Å². The van der Waals surface area contributed by atoms with Crippen LogP contribution in [0.5, 0.6) is 0 Å². The molecule has 0 unspecified atom stereocenters. The fourth-order valence-corrected chi connectivity index (χ4v) is 3.21. The first-order valence-electron chi connectivity index (χ1n) is 7.04. The Morgan fingerprint density at radius 1 is 1.38 bits per heavy atom. The molecule has 0 saturated heterocycles. The van der Waals surface area contributed by atoms with E-state index in [1.165, 1.54) is 11.8 Å². The van der Waals surface area contributed by atoms with Crippen molar-refractivity contribution in [3.8, 4) is 0 Å². The Morgan fingerprint density at radius 3 is 2.90 bits per heavy atom. The van der Waals surface area contributed by atoms with Crippen LogP contribution in [0.3, 0.4) is 0 Å². The number of nitrogens with zero attached hydrogens (tertiary/aromatic N) is 3. The van der Waals surface area contributed by atoms with E-state index >= 15 is 0 Å². The number of benzene rings is 1. The number of nitro benzene ring substituents is 1. The third-order valence-corrected chi connectivity index (χ3v) is 4.38. The van der Waals surface area contributed by atoms with Gasteiger partial charge in [0.1, 0.15) is 5.82 Å². The lowest BCUT2D eigenvalue weighted by Crippen LogP contribution is -2.11. The molecule has 0 amide bonds. The Kier molecular flexibility index (Phi) is 3.68. The van der Waals surface area contributed by atoms with Crippen LogP contribution >= 0.6 is 11.6 Å². The molecule has 21 heavy (non-hydrogen) atoms. The summed E-state index contributed by atoms with van der Waals surface area (Å²) in [4.78, 5) is 15.4. The fraction of sp³-hybridized carbons (Fsp3) is 0.400. The largest absolute Gasteiger partial charge is 0.327 e. The van der Waals surface area contributed by atoms with E-state index in [4.69, 9.17) is 11.6 Å². The molecule has 1 aliphatic rings. The van der Waals surface area contributed by atoms with Crippen LogP contribution < -0.4 is 0 Å². The van der Waals surface area contributed by atoms with E-state index in [0.717, 1.165) is 37.2 Å². The van der Waals surface area contributed by atoms with Crippen molar-refractivity contribution in [1.82, 2.24) is 9.55 Å². The van der Waals surface area contributed by atoms with Crippen molar-refractivity contribution in [1.29, 1.82) is 0 Å². The minimum absolute atomic E-state index is 0.0696. The normalized spacial score (nSPS) is 14.0. The van der Waals surface area contributed by atoms with Crippen LogP contribution in [0.2, 0.25) is 5.02 Å². The minimum Gasteiger partial charge on any atom is -0.327 e. The Balaban J connectivity index is 2.05. The first-order chi connectivity index (χ1) is 10.1. The van der Waals surface area contributed by atoms with E-state index in [0.29, 0.717) is 17.1 Å². The third-order valence-electron chi connectivity index (χ3n) is 4.03. The fourth-order valence-electron chi connectivity index (χ4n) is 2.98. The number of aryl methyl sites for hydroxylation is 2. The number of imidazole rings is 1. The highest BCUT2D eigenvalue weighted by Crippen LogP contribution is 2.30. The van der Waals surface area contributed by atoms with Crippen LogP contribution in [-0.4, -0.2) is 14.5 Å². The number of rotatable bonds is 3. The molecule has 3 rings (SSSR count). The molecule has 0 spiro atoms. The van der Waals surface area contributed by atoms with Crippen molar-refractivity contribution in [3.63, 3.8) is 0 Å². The van der Waals surface area contributed by atoms with E-state index in [2.05, 4.69) is 9.55 Å². The minimum atomic E-state index is -0.375. The van der Waals surface area contributed by atoms with Gasteiger partial charge in [-0.05, 0) is 38.7 Å². The summed E-state index contributed by atoms with van der Waals surface area (Å²) in [5.74, 6) is 0.899. The highest BCUT2D eigenvalue weighted by molar-refractivity contribution is 6.31. The number of fused-ring (bicyclic) bond motifs is 1. The molecule has 0 fully saturated rings. The van der Waals surface area contributed by atoms with E-state index in [1.54, 1.807) is 12.1 Å². The lowest BCUT2D eigenvalue weighted by atomic mass is 10.0. The molecule has 0 aliphatic heterocycles. The van der Waals surface area contributed by atoms with Gasteiger partial charge in [-0.15, -0.1) is 0 Å². The molecule has 0 N–H and O–H groups in total. The third kappa shape index (κ3) is 2.53. The van der Waals surface area contributed by atoms with Crippen LogP contribution in [0.1, 0.15) is 35.6 Å². The first-order valence-corrected chi connectivity index (χ1v) is 7.42. The van der Waals surface area contributed by atoms with E-state index in [-0.39, 0.29) is 10.6 Å². The zero-order chi connectivity index (χ0) is 15.0. The molecule has 2 aromatic rings. The van der Waals surface area contributed by atoms with Gasteiger partial charge in [-0.3, -0.25) is 10.1 Å². The molecule has 110 valence electrons. The number of aromatic nitrogens is 2. The summed E-state index contributed by atoms with van der Waals surface area (Å²) >= 11 is 6.19. The zero-order valence-corrected chi connectivity index (χ0v) is 12.6. The average molecular weight is 306 g/mol. The van der Waals surface area contributed by atoms with Gasteiger partial charge in [0.05, 0.1) is 27.7 Å². The van der Waals surface area contributed by atoms with Crippen LogP contribution in [0.25, 0.3) is 0 Å². The van der Waals surface area contributed by atoms with E-state index in [1.807, 2.05) is 6.92 Å². The quantitative estimate of drug-likeness (QED) is 0.642. The Bertz CT molecular complexity index is 709. The summed E-state index contributed by atoms with van der Waals surface area (Å²) in [5.41, 5.74) is 2.96. The maximum atomic E-state index is 11.2. The Hall–Kier alpha value is -1.88. The van der Waals surface area contributed by atoms with Crippen molar-refractivity contribution >= 4 is 17.3 Å². The Labute approximate surface area is 127 Å². The molecule has 0 radical (unpaired) electrons. The van der Waals surface area contributed by atoms with Crippen LogP contribution in [0.15, 0.2) is 18.2 Å². The molecule has 0 bridgehead atoms. The summed E-state index contributed by atoms with van der Waals surface area (Å²) in [6.07, 6.45) is 4.28. The molecule has 5 nitrogen and oxygen atoms in total. The topological polar surface area (TPSA) is 61.0 Å². The zero-order valence-electron chi connectivity index (χ0n) is 11.8. The van der Waals surface area contributed by atoms with Gasteiger partial charge in [0, 0.05) is 11.8 Å². The van der Waals surface area contributed by atoms with Crippen molar-refractivity contribution in [3.05, 3.63) is 56.1 Å². The van der Waals surface area contributed by atoms with E-state index in [9.17, 15) is 10.1 Å². The highest BCUT2D eigenvalue weighted by Gasteiger charge is 2.22. The number of hydrogen-bond donors (Lipinski definition) is 0. The van der Waals surface area contributed by atoms with Crippen LogP contribution in [-0.2, 0) is 19.4 Å². The smallest absolute Gasteiger partial charge is 0.275 e. The predicted octanol–water partition coefficient (Wildman–Crippen LogP) is 3.68. The molecular formula is C15H16ClN3O2. The molecule has 0 atom stereocenters. The number of halogens is 1. The molecule has 1 heterocycles. The van der Waals surface area contributed by atoms with Gasteiger partial charge in [-0.2, -0.15) is 0 Å². The number of hydrogen-bond acceptors (Lipinski definition) is 3. The molecular weight excluding hydrogens is 290 g/mol. The second kappa shape index (κ2) is 5.48. The van der Waals surface area contributed by atoms with Gasteiger partial charge in [0.2, 0.25) is 0 Å².